The van der Waals surface area contributed by atoms with Gasteiger partial charge in [-0.25, -0.2) is 19.9 Å². The Labute approximate surface area is 519 Å². The minimum absolute atomic E-state index is 0.0375. The maximum atomic E-state index is 12.8. The standard InChI is InChI=1S/C20H17F3N8OS.C13H15N5.C8H4BrF3N2OS.C8H10ClN3.C4H5N3.CH3F/c21-20(22,23)19-27-18(29-32-19)15-4-3-14(33-15)12-31(17-11-24-5-6-25-17)16-9-13(10-26-28-16)30-7-1-2-8-30;1-2-8-18(7-1)11-3-4-15-12(9-11)17-13-10-14-5-6-16-13;9-3-4-1-2-5(16-4)6-13-7(15-14-6)8(10,11)12;9-8-5-7(6-10-11-8)12-3-1-2-4-12;5-4-3-6-1-2-7-4;1-2/h3-6,9-11H,1-2,7-8,12H2;3-6,9-10H,1-2,7-8H2,(H,15,16,17);1-2H,3H2;5-6H,1-4H2;1-3H,(H2,5,7);1H3. The Balaban J connectivity index is 0.000000154. The van der Waals surface area contributed by atoms with Crippen LogP contribution < -0.4 is 30.7 Å². The number of thiophene rings is 2. The molecule has 3 aliphatic heterocycles. The van der Waals surface area contributed by atoms with Gasteiger partial charge < -0.3 is 39.7 Å². The van der Waals surface area contributed by atoms with Crippen LogP contribution in [0.25, 0.3) is 21.4 Å². The van der Waals surface area contributed by atoms with Crippen molar-refractivity contribution in [1.82, 2.24) is 75.6 Å². The number of hydrogen-bond acceptors (Lipinski definition) is 25. The molecule has 3 saturated heterocycles. The number of halogens is 9. The van der Waals surface area contributed by atoms with Crippen molar-refractivity contribution in [3.63, 3.8) is 0 Å². The topological polar surface area (TPSA) is 271 Å². The predicted octanol–water partition coefficient (Wildman–Crippen LogP) is 12.6. The van der Waals surface area contributed by atoms with E-state index < -0.39 is 24.1 Å². The van der Waals surface area contributed by atoms with Gasteiger partial charge in [-0.2, -0.15) is 46.5 Å². The molecule has 0 unspecified atom stereocenters. The van der Waals surface area contributed by atoms with Crippen molar-refractivity contribution in [3.8, 4) is 21.4 Å². The van der Waals surface area contributed by atoms with Crippen LogP contribution in [0.15, 0.2) is 132 Å². The Bertz CT molecular complexity index is 3650. The third-order valence-electron chi connectivity index (χ3n) is 12.4. The lowest BCUT2D eigenvalue weighted by atomic mass is 10.3. The maximum absolute atomic E-state index is 12.8. The summed E-state index contributed by atoms with van der Waals surface area (Å²) < 4.78 is 92.9. The minimum Gasteiger partial charge on any atom is -0.382 e. The highest BCUT2D eigenvalue weighted by molar-refractivity contribution is 9.08. The van der Waals surface area contributed by atoms with Crippen LogP contribution in [0.4, 0.5) is 76.9 Å². The van der Waals surface area contributed by atoms with Gasteiger partial charge in [0.1, 0.15) is 17.5 Å². The van der Waals surface area contributed by atoms with Gasteiger partial charge in [-0.1, -0.05) is 37.8 Å². The zero-order chi connectivity index (χ0) is 62.3. The van der Waals surface area contributed by atoms with Crippen molar-refractivity contribution in [3.05, 3.63) is 150 Å². The van der Waals surface area contributed by atoms with Gasteiger partial charge in [0.2, 0.25) is 11.6 Å². The summed E-state index contributed by atoms with van der Waals surface area (Å²) in [6.45, 7) is 6.78. The molecule has 0 aromatic carbocycles. The summed E-state index contributed by atoms with van der Waals surface area (Å²) in [5.41, 5.74) is 8.47. The fourth-order valence-electron chi connectivity index (χ4n) is 8.47. The molecule has 13 rings (SSSR count). The number of pyridine rings is 1. The van der Waals surface area contributed by atoms with Crippen molar-refractivity contribution in [2.75, 3.05) is 77.1 Å². The fourth-order valence-corrected chi connectivity index (χ4v) is 10.9. The quantitative estimate of drug-likeness (QED) is 0.0849. The van der Waals surface area contributed by atoms with E-state index in [4.69, 9.17) is 17.3 Å². The Morgan fingerprint density at radius 3 is 1.56 bits per heavy atom. The van der Waals surface area contributed by atoms with Crippen LogP contribution in [0, 0.1) is 0 Å². The summed E-state index contributed by atoms with van der Waals surface area (Å²) in [5, 5.41) is 27.0. The van der Waals surface area contributed by atoms with Crippen LogP contribution >= 0.6 is 50.2 Å². The molecule has 0 spiro atoms. The molecular weight excluding hydrogens is 1290 g/mol. The van der Waals surface area contributed by atoms with Crippen LogP contribution in [0.2, 0.25) is 5.15 Å². The average molecular weight is 1340 g/mol. The van der Waals surface area contributed by atoms with E-state index in [9.17, 15) is 30.7 Å². The largest absolute Gasteiger partial charge is 0.471 e. The third-order valence-corrected chi connectivity index (χ3v) is 15.8. The molecule has 3 N–H and O–H groups in total. The van der Waals surface area contributed by atoms with E-state index in [0.29, 0.717) is 57.2 Å². The number of nitrogens with two attached hydrogens (primary N) is 1. The molecule has 23 nitrogen and oxygen atoms in total. The molecule has 3 fully saturated rings. The molecule has 88 heavy (non-hydrogen) atoms. The van der Waals surface area contributed by atoms with E-state index in [-0.39, 0.29) is 11.6 Å². The van der Waals surface area contributed by atoms with Crippen LogP contribution in [0.1, 0.15) is 60.1 Å². The fraction of sp³-hybridized carbons (Fsp3) is 0.315. The zero-order valence-electron chi connectivity index (χ0n) is 46.6. The third kappa shape index (κ3) is 19.4. The van der Waals surface area contributed by atoms with Gasteiger partial charge in [0, 0.05) is 122 Å². The van der Waals surface area contributed by atoms with Crippen molar-refractivity contribution in [1.29, 1.82) is 0 Å². The van der Waals surface area contributed by atoms with Crippen LogP contribution in [-0.4, -0.2) is 122 Å². The summed E-state index contributed by atoms with van der Waals surface area (Å²) in [4.78, 5) is 46.8. The molecule has 462 valence electrons. The van der Waals surface area contributed by atoms with E-state index >= 15 is 0 Å². The average Bonchev–Trinajstić information content (AvgIpc) is 4.48. The first-order valence-corrected chi connectivity index (χ1v) is 29.8. The van der Waals surface area contributed by atoms with E-state index in [1.807, 2.05) is 29.3 Å². The molecule has 13 heterocycles. The van der Waals surface area contributed by atoms with Crippen LogP contribution in [0.3, 0.4) is 0 Å². The lowest BCUT2D eigenvalue weighted by Gasteiger charge is -2.23. The molecule has 0 radical (unpaired) electrons. The highest BCUT2D eigenvalue weighted by Crippen LogP contribution is 2.36. The second kappa shape index (κ2) is 32.3. The first-order valence-electron chi connectivity index (χ1n) is 26.7. The van der Waals surface area contributed by atoms with Gasteiger partial charge in [0.25, 0.3) is 0 Å². The highest BCUT2D eigenvalue weighted by atomic mass is 79.9. The summed E-state index contributed by atoms with van der Waals surface area (Å²) in [7, 11) is 0.500. The number of anilines is 8. The van der Waals surface area contributed by atoms with Crippen molar-refractivity contribution in [2.45, 2.75) is 62.8 Å². The Hall–Kier alpha value is -8.69. The maximum Gasteiger partial charge on any atom is 0.471 e. The van der Waals surface area contributed by atoms with Crippen molar-refractivity contribution in [2.24, 2.45) is 0 Å². The number of alkyl halides is 8. The first kappa shape index (κ1) is 65.3. The van der Waals surface area contributed by atoms with Gasteiger partial charge in [-0.05, 0) is 68.9 Å². The zero-order valence-corrected chi connectivity index (χ0v) is 50.5. The molecule has 10 aromatic rings. The number of rotatable bonds is 12. The number of aromatic nitrogens is 15. The van der Waals surface area contributed by atoms with E-state index in [2.05, 4.69) is 127 Å². The molecular formula is C54H54BrClF7N21O2S2. The normalized spacial score (nSPS) is 13.5. The number of nitrogens with one attached hydrogen (secondary N) is 1. The lowest BCUT2D eigenvalue weighted by Crippen LogP contribution is -2.21. The van der Waals surface area contributed by atoms with Crippen LogP contribution in [-0.2, 0) is 24.2 Å². The van der Waals surface area contributed by atoms with Gasteiger partial charge in [0.15, 0.2) is 16.8 Å². The smallest absolute Gasteiger partial charge is 0.382 e. The highest BCUT2D eigenvalue weighted by Gasteiger charge is 2.39. The molecule has 0 bridgehead atoms. The predicted molar refractivity (Wildman–Crippen MR) is 322 cm³/mol. The summed E-state index contributed by atoms with van der Waals surface area (Å²) in [6, 6.07) is 14.8. The molecule has 3 aliphatic rings. The van der Waals surface area contributed by atoms with Gasteiger partial charge in [-0.15, -0.1) is 32.9 Å². The van der Waals surface area contributed by atoms with Gasteiger partial charge >= 0.3 is 24.1 Å². The molecule has 10 aromatic heterocycles. The Kier molecular flexibility index (Phi) is 24.0. The molecule has 0 saturated carbocycles. The summed E-state index contributed by atoms with van der Waals surface area (Å²) in [5.74, 6) is 0.294. The van der Waals surface area contributed by atoms with Crippen molar-refractivity contribution >= 4 is 96.4 Å². The lowest BCUT2D eigenvalue weighted by molar-refractivity contribution is -0.160. The Morgan fingerprint density at radius 2 is 1.08 bits per heavy atom. The van der Waals surface area contributed by atoms with Gasteiger partial charge in [-0.3, -0.25) is 19.3 Å². The molecule has 0 atom stereocenters. The second-order valence-corrected chi connectivity index (χ2v) is 21.8. The summed E-state index contributed by atoms with van der Waals surface area (Å²) in [6.07, 6.45) is 17.8. The molecule has 34 heteroatoms. The monoisotopic (exact) mass is 1340 g/mol. The minimum atomic E-state index is -4.69. The summed E-state index contributed by atoms with van der Waals surface area (Å²) >= 11 is 11.5. The van der Waals surface area contributed by atoms with E-state index in [1.165, 1.54) is 60.2 Å². The first-order chi connectivity index (χ1) is 42.6. The molecule has 0 aliphatic carbocycles. The number of nitrogen functional groups attached to an aromatic ring is 1. The van der Waals surface area contributed by atoms with E-state index in [1.54, 1.807) is 86.2 Å². The molecule has 0 amide bonds. The van der Waals surface area contributed by atoms with Crippen molar-refractivity contribution < 1.29 is 39.8 Å². The number of hydrogen-bond donors (Lipinski definition) is 2. The number of nitrogens with zero attached hydrogens (tertiary/aromatic N) is 19. The van der Waals surface area contributed by atoms with Crippen LogP contribution in [0.5, 0.6) is 0 Å². The Morgan fingerprint density at radius 1 is 0.568 bits per heavy atom. The SMILES string of the molecule is CF.Clc1cc(N2CCCC2)cnn1.FC(F)(F)c1nc(-c2ccc(CBr)s2)no1.FC(F)(F)c1nc(-c2ccc(CN(c3cnccn3)c3cc(N4CCCC4)cnn3)s2)no1.Nc1cnccn1.c1cnc(Nc2cc(N3CCCC3)ccn2)cn1. The van der Waals surface area contributed by atoms with E-state index in [0.717, 1.165) is 79.1 Å². The second-order valence-electron chi connectivity index (χ2n) is 18.5. The van der Waals surface area contributed by atoms with Gasteiger partial charge in [0.05, 0.1) is 65.8 Å².